The highest BCUT2D eigenvalue weighted by Gasteiger charge is 2.38. The summed E-state index contributed by atoms with van der Waals surface area (Å²) in [4.78, 5) is 0. The number of hydrogen-bond acceptors (Lipinski definition) is 2. The lowest BCUT2D eigenvalue weighted by atomic mass is 9.78. The van der Waals surface area contributed by atoms with Crippen LogP contribution in [0, 0.1) is 0 Å². The fourth-order valence-corrected chi connectivity index (χ4v) is 23.4. The lowest BCUT2D eigenvalue weighted by molar-refractivity contribution is 0.662. The Morgan fingerprint density at radius 2 is 0.612 bits per heavy atom. The maximum absolute atomic E-state index is 6.29. The fourth-order valence-electron chi connectivity index (χ4n) is 22.1. The van der Waals surface area contributed by atoms with Gasteiger partial charge in [0.25, 0.3) is 0 Å². The van der Waals surface area contributed by atoms with E-state index < -0.39 is 0 Å². The Hall–Kier alpha value is -16.0. The van der Waals surface area contributed by atoms with E-state index in [-0.39, 0.29) is 5.41 Å². The molecule has 0 N–H and O–H groups in total. The minimum absolute atomic E-state index is 0.0186. The van der Waals surface area contributed by atoms with Crippen molar-refractivity contribution >= 4 is 184 Å². The van der Waals surface area contributed by atoms with Crippen LogP contribution in [0.25, 0.3) is 240 Å². The number of benzene rings is 19. The molecule has 0 saturated carbocycles. The van der Waals surface area contributed by atoms with E-state index in [2.05, 4.69) is 470 Å². The quantitative estimate of drug-likeness (QED) is 0.164. The number of thiophene rings is 1. The van der Waals surface area contributed by atoms with E-state index in [1.165, 1.54) is 234 Å². The molecule has 27 aromatic rings. The van der Waals surface area contributed by atoms with Crippen molar-refractivity contribution in [2.75, 3.05) is 0 Å². The van der Waals surface area contributed by atoms with Gasteiger partial charge in [-0.2, -0.15) is 0 Å². The molecule has 7 nitrogen and oxygen atoms in total. The van der Waals surface area contributed by atoms with Crippen LogP contribution in [0.4, 0.5) is 0 Å². The molecular weight excluding hydrogens is 1590 g/mol. The minimum Gasteiger partial charge on any atom is -0.455 e. The molecule has 0 saturated heterocycles. The Balaban J connectivity index is 0.0000000959. The van der Waals surface area contributed by atoms with Crippen LogP contribution < -0.4 is 0 Å². The van der Waals surface area contributed by atoms with E-state index in [4.69, 9.17) is 4.42 Å². The van der Waals surface area contributed by atoms with Crippen molar-refractivity contribution in [3.8, 4) is 67.0 Å². The van der Waals surface area contributed by atoms with Gasteiger partial charge in [-0.3, -0.25) is 0 Å². The monoisotopic (exact) mass is 1670 g/mol. The zero-order valence-electron chi connectivity index (χ0n) is 72.3. The van der Waals surface area contributed by atoms with Crippen molar-refractivity contribution in [1.82, 2.24) is 27.4 Å². The van der Waals surface area contributed by atoms with E-state index >= 15 is 0 Å². The molecule has 0 amide bonds. The smallest absolute Gasteiger partial charge is 0.143 e. The first kappa shape index (κ1) is 75.5. The van der Waals surface area contributed by atoms with Gasteiger partial charge in [-0.25, -0.2) is 0 Å². The summed E-state index contributed by atoms with van der Waals surface area (Å²) in [6.07, 6.45) is 0. The molecule has 0 unspecified atom stereocenters. The van der Waals surface area contributed by atoms with Gasteiger partial charge in [0.15, 0.2) is 0 Å². The van der Waals surface area contributed by atoms with Gasteiger partial charge in [0, 0.05) is 185 Å². The SMILES string of the molecule is Cn1c2ccccc2c2c(-n3c4ccccc4c4cc(-c5ccc6c(c5)c5ccccc5n6-c5ccccc5)ccc43)cccc21.Cn1c2ccccc2c2cccc(-c3cccc4c3C(C)(C)c3ccccc3-4)c21.Cn1c2ccccc2c2cccc(-c3cccc4c3oc3ccccc34)c21.Cn1c2ccccc2c2cccc(-c3cccc4c3sc3ccccc34)c21. The Bertz CT molecular complexity index is 9080. The number of aromatic nitrogens is 6. The molecule has 0 spiro atoms. The summed E-state index contributed by atoms with van der Waals surface area (Å²) in [6, 6.07) is 149. The van der Waals surface area contributed by atoms with E-state index in [0.29, 0.717) is 0 Å². The lowest BCUT2D eigenvalue weighted by Crippen LogP contribution is -2.16. The van der Waals surface area contributed by atoms with E-state index in [1.807, 2.05) is 23.5 Å². The third-order valence-corrected chi connectivity index (χ3v) is 29.1. The third kappa shape index (κ3) is 11.5. The van der Waals surface area contributed by atoms with Crippen LogP contribution >= 0.6 is 11.3 Å². The summed E-state index contributed by atoms with van der Waals surface area (Å²) in [5, 5.41) is 20.5. The summed E-state index contributed by atoms with van der Waals surface area (Å²) >= 11 is 1.90. The molecule has 8 heteroatoms. The number of furan rings is 1. The zero-order valence-corrected chi connectivity index (χ0v) is 73.1. The van der Waals surface area contributed by atoms with Crippen LogP contribution in [0.1, 0.15) is 25.0 Å². The van der Waals surface area contributed by atoms with Crippen molar-refractivity contribution in [3.05, 3.63) is 424 Å². The zero-order chi connectivity index (χ0) is 86.0. The molecule has 0 bridgehead atoms. The molecule has 0 atom stereocenters. The van der Waals surface area contributed by atoms with Crippen molar-refractivity contribution in [3.63, 3.8) is 0 Å². The van der Waals surface area contributed by atoms with Crippen molar-refractivity contribution in [2.24, 2.45) is 28.2 Å². The molecule has 0 radical (unpaired) electrons. The van der Waals surface area contributed by atoms with E-state index in [0.717, 1.165) is 16.7 Å². The number of fused-ring (bicyclic) bond motifs is 27. The van der Waals surface area contributed by atoms with Crippen molar-refractivity contribution < 1.29 is 4.42 Å². The molecule has 19 aromatic carbocycles. The Kier molecular flexibility index (Phi) is 17.3. The molecular formula is C121H86N6OS. The van der Waals surface area contributed by atoms with Gasteiger partial charge in [-0.1, -0.05) is 329 Å². The first-order valence-corrected chi connectivity index (χ1v) is 45.3. The fraction of sp³-hybridized carbons (Fsp3) is 0.0579. The Morgan fingerprint density at radius 1 is 0.240 bits per heavy atom. The maximum atomic E-state index is 6.29. The number of rotatable bonds is 6. The average molecular weight is 1670 g/mol. The van der Waals surface area contributed by atoms with Gasteiger partial charge in [0.2, 0.25) is 0 Å². The van der Waals surface area contributed by atoms with Gasteiger partial charge in [-0.15, -0.1) is 11.3 Å². The number of para-hydroxylation sites is 12. The lowest BCUT2D eigenvalue weighted by Gasteiger charge is -2.25. The molecule has 129 heavy (non-hydrogen) atoms. The van der Waals surface area contributed by atoms with E-state index in [9.17, 15) is 0 Å². The van der Waals surface area contributed by atoms with Gasteiger partial charge in [0.05, 0.1) is 49.8 Å². The van der Waals surface area contributed by atoms with Gasteiger partial charge in [-0.05, 0) is 136 Å². The topological polar surface area (TPSA) is 42.7 Å². The van der Waals surface area contributed by atoms with Crippen LogP contribution in [-0.4, -0.2) is 27.4 Å². The average Bonchev–Trinajstić information content (AvgIpc) is 1.56. The second-order valence-electron chi connectivity index (χ2n) is 35.0. The Morgan fingerprint density at radius 3 is 1.20 bits per heavy atom. The van der Waals surface area contributed by atoms with E-state index in [1.54, 1.807) is 0 Å². The van der Waals surface area contributed by atoms with Gasteiger partial charge < -0.3 is 31.8 Å². The summed E-state index contributed by atoms with van der Waals surface area (Å²) in [7, 11) is 8.68. The molecule has 8 heterocycles. The second kappa shape index (κ2) is 29.6. The largest absolute Gasteiger partial charge is 0.455 e. The summed E-state index contributed by atoms with van der Waals surface area (Å²) in [5.74, 6) is 0. The standard InChI is InChI=1S/C43H29N3.C28H23N.C25H17NO.C25H17NS/c1-44-36-17-8-7-16-33(36)43-41(44)20-11-21-42(43)46-38-19-10-6-15-32(38)35-27-29(23-25-40(35)46)28-22-24-39-34(26-28)31-14-5-9-18-37(31)45(39)30-12-3-2-4-13-30;1-28(2)24-16-6-4-10-18(24)20-12-8-13-21(26(20)28)23-15-9-14-22-19-11-5-7-17-25(19)29(3)27(22)23;2*1-26-22-14-4-2-8-16(22)18-10-6-11-19(24(18)26)21-13-7-12-20-17-9-3-5-15-23(17)27-25(20)21/h2-27H,1H3;4-17H,1-3H3;2*2-15H,1H3. The summed E-state index contributed by atoms with van der Waals surface area (Å²) < 4.78 is 23.1. The maximum Gasteiger partial charge on any atom is 0.143 e. The summed E-state index contributed by atoms with van der Waals surface area (Å²) in [6.45, 7) is 4.73. The predicted molar refractivity (Wildman–Crippen MR) is 550 cm³/mol. The van der Waals surface area contributed by atoms with Gasteiger partial charge in [0.1, 0.15) is 11.2 Å². The summed E-state index contributed by atoms with van der Waals surface area (Å²) in [5.41, 5.74) is 35.0. The third-order valence-electron chi connectivity index (χ3n) is 27.9. The predicted octanol–water partition coefficient (Wildman–Crippen LogP) is 32.8. The second-order valence-corrected chi connectivity index (χ2v) is 36.1. The highest BCUT2D eigenvalue weighted by Crippen LogP contribution is 2.54. The molecule has 1 aliphatic rings. The highest BCUT2D eigenvalue weighted by atomic mass is 32.1. The van der Waals surface area contributed by atoms with Crippen molar-refractivity contribution in [2.45, 2.75) is 19.3 Å². The number of hydrogen-bond donors (Lipinski definition) is 0. The van der Waals surface area contributed by atoms with Crippen LogP contribution in [0.15, 0.2) is 417 Å². The van der Waals surface area contributed by atoms with Crippen LogP contribution in [-0.2, 0) is 33.6 Å². The molecule has 0 aliphatic heterocycles. The molecule has 8 aromatic heterocycles. The molecule has 28 rings (SSSR count). The van der Waals surface area contributed by atoms with Crippen LogP contribution in [0.3, 0.4) is 0 Å². The first-order valence-electron chi connectivity index (χ1n) is 44.5. The Labute approximate surface area is 748 Å². The highest BCUT2D eigenvalue weighted by molar-refractivity contribution is 7.26. The number of aryl methyl sites for hydroxylation is 4. The minimum atomic E-state index is -0.0186. The first-order chi connectivity index (χ1) is 63.5. The normalized spacial score (nSPS) is 12.5. The molecule has 1 aliphatic carbocycles. The molecule has 0 fully saturated rings. The number of nitrogens with zero attached hydrogens (tertiary/aromatic N) is 6. The molecule has 612 valence electrons. The van der Waals surface area contributed by atoms with Crippen LogP contribution in [0.5, 0.6) is 0 Å². The van der Waals surface area contributed by atoms with Crippen LogP contribution in [0.2, 0.25) is 0 Å². The van der Waals surface area contributed by atoms with Gasteiger partial charge >= 0.3 is 0 Å². The van der Waals surface area contributed by atoms with Crippen molar-refractivity contribution in [1.29, 1.82) is 0 Å².